The predicted octanol–water partition coefficient (Wildman–Crippen LogP) is 2.54. The lowest BCUT2D eigenvalue weighted by Crippen LogP contribution is -2.31. The van der Waals surface area contributed by atoms with Crippen molar-refractivity contribution in [2.75, 3.05) is 13.1 Å². The number of pyridine rings is 1. The molecule has 2 unspecified atom stereocenters. The Morgan fingerprint density at radius 3 is 2.86 bits per heavy atom. The number of carbonyl (C=O) groups is 1. The van der Waals surface area contributed by atoms with E-state index < -0.39 is 17.5 Å². The van der Waals surface area contributed by atoms with Crippen LogP contribution in [0.2, 0.25) is 0 Å². The van der Waals surface area contributed by atoms with E-state index in [4.69, 9.17) is 0 Å². The van der Waals surface area contributed by atoms with Crippen LogP contribution >= 0.6 is 11.8 Å². The molecule has 1 amide bonds. The van der Waals surface area contributed by atoms with Crippen molar-refractivity contribution >= 4 is 17.7 Å². The molecule has 0 aromatic carbocycles. The smallest absolute Gasteiger partial charge is 0.393 e. The van der Waals surface area contributed by atoms with Gasteiger partial charge in [-0.15, -0.1) is 0 Å². The van der Waals surface area contributed by atoms with Crippen LogP contribution in [0.15, 0.2) is 23.4 Å². The minimum absolute atomic E-state index is 0.0376. The van der Waals surface area contributed by atoms with Crippen molar-refractivity contribution in [3.8, 4) is 0 Å². The van der Waals surface area contributed by atoms with Crippen molar-refractivity contribution in [3.63, 3.8) is 0 Å². The van der Waals surface area contributed by atoms with Crippen molar-refractivity contribution in [1.29, 1.82) is 0 Å². The average Bonchev–Trinajstić information content (AvgIpc) is 2.86. The molecular formula is C13H15F3N2O2S. The summed E-state index contributed by atoms with van der Waals surface area (Å²) < 4.78 is 37.5. The number of alkyl halides is 3. The highest BCUT2D eigenvalue weighted by Crippen LogP contribution is 2.37. The molecule has 1 aliphatic rings. The lowest BCUT2D eigenvalue weighted by Gasteiger charge is -2.19. The SMILES string of the molecule is CC(O)C1CCN(C(=O)c2cccnc2SC(F)(F)F)C1. The van der Waals surface area contributed by atoms with Crippen LogP contribution in [-0.2, 0) is 0 Å². The van der Waals surface area contributed by atoms with Gasteiger partial charge in [0.05, 0.1) is 11.7 Å². The quantitative estimate of drug-likeness (QED) is 0.870. The minimum Gasteiger partial charge on any atom is -0.393 e. The van der Waals surface area contributed by atoms with Gasteiger partial charge in [-0.05, 0) is 25.5 Å². The summed E-state index contributed by atoms with van der Waals surface area (Å²) in [5.41, 5.74) is -4.54. The summed E-state index contributed by atoms with van der Waals surface area (Å²) >= 11 is -0.386. The van der Waals surface area contributed by atoms with Gasteiger partial charge in [-0.25, -0.2) is 4.98 Å². The number of hydrogen-bond donors (Lipinski definition) is 1. The zero-order valence-electron chi connectivity index (χ0n) is 11.3. The predicted molar refractivity (Wildman–Crippen MR) is 71.8 cm³/mol. The van der Waals surface area contributed by atoms with E-state index in [-0.39, 0.29) is 28.3 Å². The molecule has 1 aliphatic heterocycles. The molecule has 0 aliphatic carbocycles. The molecule has 1 N–H and O–H groups in total. The van der Waals surface area contributed by atoms with Gasteiger partial charge in [0.1, 0.15) is 5.03 Å². The second-order valence-electron chi connectivity index (χ2n) is 4.94. The second kappa shape index (κ2) is 6.23. The minimum atomic E-state index is -4.49. The van der Waals surface area contributed by atoms with Gasteiger partial charge in [-0.2, -0.15) is 13.2 Å². The number of aliphatic hydroxyl groups is 1. The fraction of sp³-hybridized carbons (Fsp3) is 0.538. The van der Waals surface area contributed by atoms with Gasteiger partial charge in [0.2, 0.25) is 0 Å². The number of amides is 1. The van der Waals surface area contributed by atoms with Crippen molar-refractivity contribution < 1.29 is 23.1 Å². The third-order valence-electron chi connectivity index (χ3n) is 3.41. The van der Waals surface area contributed by atoms with Gasteiger partial charge < -0.3 is 10.0 Å². The molecular weight excluding hydrogens is 305 g/mol. The third-order valence-corrected chi connectivity index (χ3v) is 4.16. The molecule has 2 heterocycles. The number of thioether (sulfide) groups is 1. The molecule has 1 aromatic rings. The van der Waals surface area contributed by atoms with Gasteiger partial charge in [0.25, 0.3) is 5.91 Å². The molecule has 1 saturated heterocycles. The number of halogens is 3. The molecule has 0 saturated carbocycles. The molecule has 1 fully saturated rings. The van der Waals surface area contributed by atoms with E-state index in [2.05, 4.69) is 4.98 Å². The molecule has 2 rings (SSSR count). The molecule has 0 bridgehead atoms. The van der Waals surface area contributed by atoms with E-state index in [1.165, 1.54) is 23.2 Å². The summed E-state index contributed by atoms with van der Waals surface area (Å²) in [6.45, 7) is 2.43. The van der Waals surface area contributed by atoms with E-state index in [0.717, 1.165) is 0 Å². The number of carbonyl (C=O) groups excluding carboxylic acids is 1. The van der Waals surface area contributed by atoms with Crippen molar-refractivity contribution in [3.05, 3.63) is 23.9 Å². The normalized spacial score (nSPS) is 20.6. The zero-order valence-corrected chi connectivity index (χ0v) is 12.1. The summed E-state index contributed by atoms with van der Waals surface area (Å²) in [5, 5.41) is 9.19. The summed E-state index contributed by atoms with van der Waals surface area (Å²) in [5.74, 6) is -0.512. The topological polar surface area (TPSA) is 53.4 Å². The van der Waals surface area contributed by atoms with Gasteiger partial charge in [-0.3, -0.25) is 4.79 Å². The monoisotopic (exact) mass is 320 g/mol. The number of aromatic nitrogens is 1. The second-order valence-corrected chi connectivity index (χ2v) is 6.00. The standard InChI is InChI=1S/C13H15F3N2O2S/c1-8(19)9-4-6-18(7-9)12(20)10-3-2-5-17-11(10)21-13(14,15)16/h2-3,5,8-9,19H,4,6-7H2,1H3. The summed E-state index contributed by atoms with van der Waals surface area (Å²) in [6, 6.07) is 2.79. The maximum absolute atomic E-state index is 12.5. The van der Waals surface area contributed by atoms with Gasteiger partial charge in [0, 0.05) is 37.0 Å². The Bertz CT molecular complexity index is 522. The Kier molecular flexibility index (Phi) is 4.77. The van der Waals surface area contributed by atoms with Crippen molar-refractivity contribution in [2.45, 2.75) is 30.0 Å². The van der Waals surface area contributed by atoms with Crippen LogP contribution in [0.4, 0.5) is 13.2 Å². The molecule has 0 spiro atoms. The van der Waals surface area contributed by atoms with Crippen LogP contribution in [0.5, 0.6) is 0 Å². The van der Waals surface area contributed by atoms with E-state index in [0.29, 0.717) is 19.5 Å². The Balaban J connectivity index is 2.17. The first-order valence-corrected chi connectivity index (χ1v) is 7.27. The molecule has 8 heteroatoms. The Morgan fingerprint density at radius 2 is 2.29 bits per heavy atom. The fourth-order valence-corrected chi connectivity index (χ4v) is 2.88. The van der Waals surface area contributed by atoms with E-state index in [1.807, 2.05) is 0 Å². The number of rotatable bonds is 3. The van der Waals surface area contributed by atoms with Crippen molar-refractivity contribution in [1.82, 2.24) is 9.88 Å². The molecule has 2 atom stereocenters. The molecule has 0 radical (unpaired) electrons. The fourth-order valence-electron chi connectivity index (χ4n) is 2.28. The molecule has 1 aromatic heterocycles. The first-order valence-electron chi connectivity index (χ1n) is 6.46. The van der Waals surface area contributed by atoms with Crippen LogP contribution in [0.25, 0.3) is 0 Å². The van der Waals surface area contributed by atoms with Crippen LogP contribution in [0.3, 0.4) is 0 Å². The summed E-state index contributed by atoms with van der Waals surface area (Å²) in [6.07, 6.45) is 1.33. The van der Waals surface area contributed by atoms with E-state index in [1.54, 1.807) is 6.92 Å². The van der Waals surface area contributed by atoms with E-state index in [9.17, 15) is 23.1 Å². The Labute approximate surface area is 124 Å². The maximum Gasteiger partial charge on any atom is 0.447 e. The molecule has 4 nitrogen and oxygen atoms in total. The van der Waals surface area contributed by atoms with Crippen LogP contribution < -0.4 is 0 Å². The maximum atomic E-state index is 12.5. The lowest BCUT2D eigenvalue weighted by atomic mass is 10.0. The van der Waals surface area contributed by atoms with Crippen LogP contribution in [0, 0.1) is 5.92 Å². The summed E-state index contributed by atoms with van der Waals surface area (Å²) in [7, 11) is 0. The van der Waals surface area contributed by atoms with E-state index >= 15 is 0 Å². The van der Waals surface area contributed by atoms with Crippen molar-refractivity contribution in [2.24, 2.45) is 5.92 Å². The highest BCUT2D eigenvalue weighted by molar-refractivity contribution is 8.00. The third kappa shape index (κ3) is 4.10. The largest absolute Gasteiger partial charge is 0.447 e. The Hall–Kier alpha value is -1.28. The van der Waals surface area contributed by atoms with Gasteiger partial charge >= 0.3 is 5.51 Å². The van der Waals surface area contributed by atoms with Gasteiger partial charge in [-0.1, -0.05) is 0 Å². The molecule has 21 heavy (non-hydrogen) atoms. The first kappa shape index (κ1) is 16.1. The first-order chi connectivity index (χ1) is 9.78. The number of aliphatic hydroxyl groups excluding tert-OH is 1. The van der Waals surface area contributed by atoms with Gasteiger partial charge in [0.15, 0.2) is 0 Å². The lowest BCUT2D eigenvalue weighted by molar-refractivity contribution is -0.0329. The van der Waals surface area contributed by atoms with Crippen LogP contribution in [-0.4, -0.2) is 45.6 Å². The number of hydrogen-bond acceptors (Lipinski definition) is 4. The highest BCUT2D eigenvalue weighted by atomic mass is 32.2. The zero-order chi connectivity index (χ0) is 15.6. The molecule has 116 valence electrons. The van der Waals surface area contributed by atoms with Crippen LogP contribution in [0.1, 0.15) is 23.7 Å². The Morgan fingerprint density at radius 1 is 1.57 bits per heavy atom. The average molecular weight is 320 g/mol. The highest BCUT2D eigenvalue weighted by Gasteiger charge is 2.35. The summed E-state index contributed by atoms with van der Waals surface area (Å²) in [4.78, 5) is 17.5. The number of nitrogens with zero attached hydrogens (tertiary/aromatic N) is 2. The number of likely N-dealkylation sites (tertiary alicyclic amines) is 1.